The van der Waals surface area contributed by atoms with Gasteiger partial charge < -0.3 is 10.0 Å². The topological polar surface area (TPSA) is 71.2 Å². The maximum absolute atomic E-state index is 12.8. The van der Waals surface area contributed by atoms with E-state index in [9.17, 15) is 9.90 Å². The third-order valence-electron chi connectivity index (χ3n) is 4.51. The van der Waals surface area contributed by atoms with Crippen molar-refractivity contribution in [2.45, 2.75) is 58.7 Å². The second kappa shape index (κ2) is 6.89. The summed E-state index contributed by atoms with van der Waals surface area (Å²) < 4.78 is 1.89. The number of hydrogen-bond acceptors (Lipinski definition) is 4. The average molecular weight is 330 g/mol. The van der Waals surface area contributed by atoms with Gasteiger partial charge in [-0.1, -0.05) is 13.8 Å². The first-order valence-electron chi connectivity index (χ1n) is 8.76. The SMILES string of the molecule is CC(C)Cn1ncc2cc(C(=O)N3CCCC3CC(C)O)cnc21. The van der Waals surface area contributed by atoms with Crippen LogP contribution in [0.1, 0.15) is 50.4 Å². The van der Waals surface area contributed by atoms with Crippen LogP contribution in [0.5, 0.6) is 0 Å². The number of amides is 1. The van der Waals surface area contributed by atoms with Gasteiger partial charge in [-0.3, -0.25) is 4.79 Å². The molecular formula is C18H26N4O2. The molecule has 1 fully saturated rings. The van der Waals surface area contributed by atoms with Crippen LogP contribution >= 0.6 is 0 Å². The van der Waals surface area contributed by atoms with Gasteiger partial charge in [-0.15, -0.1) is 0 Å². The number of aromatic nitrogens is 3. The molecule has 2 aromatic rings. The lowest BCUT2D eigenvalue weighted by molar-refractivity contribution is 0.0682. The van der Waals surface area contributed by atoms with E-state index in [-0.39, 0.29) is 11.9 Å². The Bertz CT molecular complexity index is 723. The van der Waals surface area contributed by atoms with E-state index in [0.717, 1.165) is 37.0 Å². The first kappa shape index (κ1) is 16.9. The molecule has 0 spiro atoms. The zero-order valence-corrected chi connectivity index (χ0v) is 14.6. The van der Waals surface area contributed by atoms with Crippen LogP contribution in [-0.4, -0.2) is 49.4 Å². The summed E-state index contributed by atoms with van der Waals surface area (Å²) >= 11 is 0. The molecule has 0 aliphatic carbocycles. The molecule has 0 radical (unpaired) electrons. The van der Waals surface area contributed by atoms with Crippen molar-refractivity contribution in [3.05, 3.63) is 24.0 Å². The van der Waals surface area contributed by atoms with Crippen LogP contribution in [0.4, 0.5) is 0 Å². The number of fused-ring (bicyclic) bond motifs is 1. The van der Waals surface area contributed by atoms with Gasteiger partial charge in [0.1, 0.15) is 0 Å². The lowest BCUT2D eigenvalue weighted by Crippen LogP contribution is -2.37. The zero-order chi connectivity index (χ0) is 17.3. The van der Waals surface area contributed by atoms with E-state index in [1.807, 2.05) is 15.6 Å². The third kappa shape index (κ3) is 3.43. The normalized spacial score (nSPS) is 19.4. The molecule has 2 atom stereocenters. The molecule has 0 saturated carbocycles. The molecule has 3 rings (SSSR count). The molecule has 6 heteroatoms. The van der Waals surface area contributed by atoms with Crippen LogP contribution in [0.2, 0.25) is 0 Å². The average Bonchev–Trinajstić information content (AvgIpc) is 3.12. The van der Waals surface area contributed by atoms with E-state index in [1.54, 1.807) is 19.3 Å². The molecule has 3 heterocycles. The summed E-state index contributed by atoms with van der Waals surface area (Å²) in [6.45, 7) is 7.62. The highest BCUT2D eigenvalue weighted by molar-refractivity contribution is 5.97. The maximum Gasteiger partial charge on any atom is 0.255 e. The first-order chi connectivity index (χ1) is 11.5. The van der Waals surface area contributed by atoms with Crippen LogP contribution in [-0.2, 0) is 6.54 Å². The van der Waals surface area contributed by atoms with Gasteiger partial charge in [-0.25, -0.2) is 9.67 Å². The number of nitrogens with zero attached hydrogens (tertiary/aromatic N) is 4. The fourth-order valence-electron chi connectivity index (χ4n) is 3.48. The van der Waals surface area contributed by atoms with E-state index in [4.69, 9.17) is 0 Å². The van der Waals surface area contributed by atoms with E-state index in [2.05, 4.69) is 23.9 Å². The standard InChI is InChI=1S/C18H26N4O2/c1-12(2)11-22-17-14(10-20-22)8-15(9-19-17)18(24)21-6-4-5-16(21)7-13(3)23/h8-10,12-13,16,23H,4-7,11H2,1-3H3. The summed E-state index contributed by atoms with van der Waals surface area (Å²) in [5.74, 6) is 0.492. The van der Waals surface area contributed by atoms with Gasteiger partial charge in [0.25, 0.3) is 5.91 Å². The first-order valence-corrected chi connectivity index (χ1v) is 8.76. The smallest absolute Gasteiger partial charge is 0.255 e. The van der Waals surface area contributed by atoms with E-state index < -0.39 is 6.10 Å². The fraction of sp³-hybridized carbons (Fsp3) is 0.611. The van der Waals surface area contributed by atoms with Gasteiger partial charge in [0.05, 0.1) is 17.9 Å². The lowest BCUT2D eigenvalue weighted by atomic mass is 10.1. The van der Waals surface area contributed by atoms with Crippen LogP contribution in [0.15, 0.2) is 18.5 Å². The number of pyridine rings is 1. The third-order valence-corrected chi connectivity index (χ3v) is 4.51. The maximum atomic E-state index is 12.8. The number of rotatable bonds is 5. The quantitative estimate of drug-likeness (QED) is 0.914. The number of carbonyl (C=O) groups excluding carboxylic acids is 1. The largest absolute Gasteiger partial charge is 0.393 e. The predicted octanol–water partition coefficient (Wildman–Crippen LogP) is 2.46. The summed E-state index contributed by atoms with van der Waals surface area (Å²) in [5, 5.41) is 14.9. The molecule has 2 unspecified atom stereocenters. The molecular weight excluding hydrogens is 304 g/mol. The minimum atomic E-state index is -0.390. The summed E-state index contributed by atoms with van der Waals surface area (Å²) in [4.78, 5) is 19.2. The van der Waals surface area contributed by atoms with Gasteiger partial charge in [-0.05, 0) is 38.2 Å². The molecule has 1 aliphatic rings. The van der Waals surface area contributed by atoms with Crippen molar-refractivity contribution in [2.24, 2.45) is 5.92 Å². The predicted molar refractivity (Wildman–Crippen MR) is 92.7 cm³/mol. The molecule has 24 heavy (non-hydrogen) atoms. The van der Waals surface area contributed by atoms with E-state index >= 15 is 0 Å². The molecule has 130 valence electrons. The van der Waals surface area contributed by atoms with Crippen molar-refractivity contribution in [3.8, 4) is 0 Å². The number of aliphatic hydroxyl groups is 1. The Morgan fingerprint density at radius 1 is 1.38 bits per heavy atom. The van der Waals surface area contributed by atoms with Crippen molar-refractivity contribution < 1.29 is 9.90 Å². The van der Waals surface area contributed by atoms with Crippen LogP contribution in [0, 0.1) is 5.92 Å². The molecule has 0 bridgehead atoms. The second-order valence-electron chi connectivity index (χ2n) is 7.24. The number of likely N-dealkylation sites (tertiary alicyclic amines) is 1. The van der Waals surface area contributed by atoms with Crippen molar-refractivity contribution in [1.82, 2.24) is 19.7 Å². The Labute approximate surface area is 142 Å². The molecule has 1 aliphatic heterocycles. The highest BCUT2D eigenvalue weighted by Gasteiger charge is 2.30. The molecule has 6 nitrogen and oxygen atoms in total. The van der Waals surface area contributed by atoms with E-state index in [0.29, 0.717) is 17.9 Å². The minimum Gasteiger partial charge on any atom is -0.393 e. The Morgan fingerprint density at radius 3 is 2.88 bits per heavy atom. The number of aliphatic hydroxyl groups excluding tert-OH is 1. The number of hydrogen-bond donors (Lipinski definition) is 1. The van der Waals surface area contributed by atoms with Crippen molar-refractivity contribution in [2.75, 3.05) is 6.54 Å². The van der Waals surface area contributed by atoms with Crippen molar-refractivity contribution >= 4 is 16.9 Å². The zero-order valence-electron chi connectivity index (χ0n) is 14.6. The monoisotopic (exact) mass is 330 g/mol. The van der Waals surface area contributed by atoms with Crippen LogP contribution < -0.4 is 0 Å². The Kier molecular flexibility index (Phi) is 4.85. The van der Waals surface area contributed by atoms with Crippen molar-refractivity contribution in [3.63, 3.8) is 0 Å². The van der Waals surface area contributed by atoms with Gasteiger partial charge in [0, 0.05) is 30.7 Å². The Balaban J connectivity index is 1.82. The van der Waals surface area contributed by atoms with Crippen LogP contribution in [0.3, 0.4) is 0 Å². The lowest BCUT2D eigenvalue weighted by Gasteiger charge is -2.25. The highest BCUT2D eigenvalue weighted by Crippen LogP contribution is 2.24. The van der Waals surface area contributed by atoms with Crippen LogP contribution in [0.25, 0.3) is 11.0 Å². The molecule has 1 amide bonds. The second-order valence-corrected chi connectivity index (χ2v) is 7.24. The minimum absolute atomic E-state index is 0.00385. The van der Waals surface area contributed by atoms with E-state index in [1.165, 1.54) is 0 Å². The fourth-order valence-corrected chi connectivity index (χ4v) is 3.48. The number of carbonyl (C=O) groups is 1. The Morgan fingerprint density at radius 2 is 2.17 bits per heavy atom. The van der Waals surface area contributed by atoms with Gasteiger partial charge in [0.15, 0.2) is 5.65 Å². The molecule has 1 saturated heterocycles. The van der Waals surface area contributed by atoms with Gasteiger partial charge >= 0.3 is 0 Å². The van der Waals surface area contributed by atoms with Crippen molar-refractivity contribution in [1.29, 1.82) is 0 Å². The Hall–Kier alpha value is -1.95. The van der Waals surface area contributed by atoms with Gasteiger partial charge in [0.2, 0.25) is 0 Å². The van der Waals surface area contributed by atoms with Gasteiger partial charge in [-0.2, -0.15) is 5.10 Å². The summed E-state index contributed by atoms with van der Waals surface area (Å²) in [7, 11) is 0. The summed E-state index contributed by atoms with van der Waals surface area (Å²) in [6, 6.07) is 2.00. The summed E-state index contributed by atoms with van der Waals surface area (Å²) in [5.41, 5.74) is 1.42. The molecule has 1 N–H and O–H groups in total. The molecule has 2 aromatic heterocycles. The highest BCUT2D eigenvalue weighted by atomic mass is 16.3. The molecule has 0 aromatic carbocycles. The summed E-state index contributed by atoms with van der Waals surface area (Å²) in [6.07, 6.45) is 5.62.